The molecule has 1 aliphatic heterocycles. The number of carbonyl (C=O) groups is 2. The summed E-state index contributed by atoms with van der Waals surface area (Å²) in [4.78, 5) is 26.0. The Labute approximate surface area is 125 Å². The summed E-state index contributed by atoms with van der Waals surface area (Å²) in [5.41, 5.74) is 1.39. The van der Waals surface area contributed by atoms with E-state index in [1.54, 1.807) is 13.2 Å². The van der Waals surface area contributed by atoms with Crippen LogP contribution >= 0.6 is 0 Å². The van der Waals surface area contributed by atoms with Crippen LogP contribution in [0.15, 0.2) is 18.2 Å². The Hall–Kier alpha value is -2.04. The van der Waals surface area contributed by atoms with Crippen LogP contribution in [0, 0.1) is 6.92 Å². The maximum Gasteiger partial charge on any atom is 0.255 e. The van der Waals surface area contributed by atoms with Gasteiger partial charge >= 0.3 is 0 Å². The van der Waals surface area contributed by atoms with E-state index in [-0.39, 0.29) is 11.8 Å². The summed E-state index contributed by atoms with van der Waals surface area (Å²) in [5, 5.41) is 2.80. The van der Waals surface area contributed by atoms with Crippen molar-refractivity contribution in [2.24, 2.45) is 0 Å². The number of ether oxygens (including phenoxy) is 1. The molecule has 2 rings (SSSR count). The zero-order valence-electron chi connectivity index (χ0n) is 12.6. The van der Waals surface area contributed by atoms with Crippen molar-refractivity contribution >= 4 is 11.8 Å². The Kier molecular flexibility index (Phi) is 5.20. The first kappa shape index (κ1) is 15.4. The van der Waals surface area contributed by atoms with Gasteiger partial charge in [0.25, 0.3) is 5.91 Å². The second-order valence-electron chi connectivity index (χ2n) is 5.25. The van der Waals surface area contributed by atoms with E-state index >= 15 is 0 Å². The number of likely N-dealkylation sites (tertiary alicyclic amines) is 1. The number of nitrogens with zero attached hydrogens (tertiary/aromatic N) is 1. The van der Waals surface area contributed by atoms with Crippen molar-refractivity contribution in [2.75, 3.05) is 26.7 Å². The molecule has 0 aliphatic carbocycles. The van der Waals surface area contributed by atoms with Gasteiger partial charge in [-0.15, -0.1) is 0 Å². The van der Waals surface area contributed by atoms with E-state index < -0.39 is 0 Å². The summed E-state index contributed by atoms with van der Waals surface area (Å²) in [7, 11) is 1.54. The first-order valence-electron chi connectivity index (χ1n) is 7.33. The highest BCUT2D eigenvalue weighted by Gasteiger charge is 2.18. The largest absolute Gasteiger partial charge is 0.496 e. The number of aryl methyl sites for hydroxylation is 1. The highest BCUT2D eigenvalue weighted by molar-refractivity contribution is 5.98. The van der Waals surface area contributed by atoms with E-state index in [1.807, 2.05) is 24.0 Å². The number of amides is 2. The minimum absolute atomic E-state index is 0.115. The predicted molar refractivity (Wildman–Crippen MR) is 80.5 cm³/mol. The van der Waals surface area contributed by atoms with Gasteiger partial charge in [-0.1, -0.05) is 12.1 Å². The molecular formula is C16H22N2O3. The number of nitrogens with one attached hydrogen (secondary N) is 1. The van der Waals surface area contributed by atoms with Crippen molar-refractivity contribution < 1.29 is 14.3 Å². The summed E-state index contributed by atoms with van der Waals surface area (Å²) in [5.74, 6) is 0.474. The van der Waals surface area contributed by atoms with Gasteiger partial charge in [0.05, 0.1) is 12.7 Å². The van der Waals surface area contributed by atoms with Crippen LogP contribution in [0.2, 0.25) is 0 Å². The third-order valence-corrected chi connectivity index (χ3v) is 3.76. The van der Waals surface area contributed by atoms with Crippen molar-refractivity contribution in [1.82, 2.24) is 10.2 Å². The van der Waals surface area contributed by atoms with Crippen LogP contribution in [-0.4, -0.2) is 43.5 Å². The molecular weight excluding hydrogens is 268 g/mol. The molecule has 5 heteroatoms. The number of methoxy groups -OCH3 is 1. The highest BCUT2D eigenvalue weighted by atomic mass is 16.5. The Balaban J connectivity index is 1.89. The average Bonchev–Trinajstić information content (AvgIpc) is 3.00. The number of hydrogen-bond acceptors (Lipinski definition) is 3. The maximum atomic E-state index is 12.2. The minimum Gasteiger partial charge on any atom is -0.496 e. The van der Waals surface area contributed by atoms with Crippen LogP contribution in [0.4, 0.5) is 0 Å². The molecule has 0 spiro atoms. The number of benzene rings is 1. The van der Waals surface area contributed by atoms with Gasteiger partial charge in [0.1, 0.15) is 5.75 Å². The molecule has 5 nitrogen and oxygen atoms in total. The number of rotatable bonds is 5. The first-order valence-corrected chi connectivity index (χ1v) is 7.33. The van der Waals surface area contributed by atoms with Gasteiger partial charge in [-0.25, -0.2) is 0 Å². The zero-order valence-corrected chi connectivity index (χ0v) is 12.6. The molecule has 0 bridgehead atoms. The Morgan fingerprint density at radius 1 is 1.29 bits per heavy atom. The van der Waals surface area contributed by atoms with E-state index in [4.69, 9.17) is 4.74 Å². The van der Waals surface area contributed by atoms with Crippen molar-refractivity contribution in [3.05, 3.63) is 29.3 Å². The molecule has 114 valence electrons. The third-order valence-electron chi connectivity index (χ3n) is 3.76. The topological polar surface area (TPSA) is 58.6 Å². The molecule has 21 heavy (non-hydrogen) atoms. The monoisotopic (exact) mass is 290 g/mol. The van der Waals surface area contributed by atoms with Gasteiger partial charge in [-0.2, -0.15) is 0 Å². The molecule has 0 radical (unpaired) electrons. The lowest BCUT2D eigenvalue weighted by Gasteiger charge is -2.16. The van der Waals surface area contributed by atoms with Crippen LogP contribution in [0.25, 0.3) is 0 Å². The molecule has 1 aliphatic rings. The third kappa shape index (κ3) is 3.74. The molecule has 0 atom stereocenters. The first-order chi connectivity index (χ1) is 10.1. The molecule has 1 heterocycles. The SMILES string of the molecule is COc1cccc(C)c1C(=O)NCCC(=O)N1CCCC1. The normalized spacial score (nSPS) is 14.1. The number of hydrogen-bond donors (Lipinski definition) is 1. The van der Waals surface area contributed by atoms with E-state index in [9.17, 15) is 9.59 Å². The van der Waals surface area contributed by atoms with Gasteiger partial charge in [0, 0.05) is 26.1 Å². The second-order valence-corrected chi connectivity index (χ2v) is 5.25. The molecule has 0 aromatic heterocycles. The van der Waals surface area contributed by atoms with Crippen molar-refractivity contribution in [3.8, 4) is 5.75 Å². The fraction of sp³-hybridized carbons (Fsp3) is 0.500. The van der Waals surface area contributed by atoms with Crippen LogP contribution in [0.5, 0.6) is 5.75 Å². The number of carbonyl (C=O) groups excluding carboxylic acids is 2. The van der Waals surface area contributed by atoms with E-state index in [1.165, 1.54) is 0 Å². The van der Waals surface area contributed by atoms with Crippen molar-refractivity contribution in [2.45, 2.75) is 26.2 Å². The highest BCUT2D eigenvalue weighted by Crippen LogP contribution is 2.21. The lowest BCUT2D eigenvalue weighted by molar-refractivity contribution is -0.129. The molecule has 2 amide bonds. The lowest BCUT2D eigenvalue weighted by atomic mass is 10.1. The Morgan fingerprint density at radius 2 is 2.00 bits per heavy atom. The van der Waals surface area contributed by atoms with Gasteiger partial charge in [0.15, 0.2) is 0 Å². The van der Waals surface area contributed by atoms with E-state index in [0.29, 0.717) is 24.3 Å². The Morgan fingerprint density at radius 3 is 2.67 bits per heavy atom. The van der Waals surface area contributed by atoms with Crippen LogP contribution in [0.1, 0.15) is 35.2 Å². The minimum atomic E-state index is -0.195. The molecule has 0 saturated carbocycles. The standard InChI is InChI=1S/C16H22N2O3/c1-12-6-5-7-13(21-2)15(12)16(20)17-9-8-14(19)18-10-3-4-11-18/h5-7H,3-4,8-11H2,1-2H3,(H,17,20). The van der Waals surface area contributed by atoms with Gasteiger partial charge in [-0.05, 0) is 31.4 Å². The summed E-state index contributed by atoms with van der Waals surface area (Å²) in [6.07, 6.45) is 2.51. The van der Waals surface area contributed by atoms with Gasteiger partial charge < -0.3 is 15.0 Å². The predicted octanol–water partition coefficient (Wildman–Crippen LogP) is 1.75. The summed E-state index contributed by atoms with van der Waals surface area (Å²) in [6, 6.07) is 5.48. The van der Waals surface area contributed by atoms with E-state index in [0.717, 1.165) is 31.5 Å². The summed E-state index contributed by atoms with van der Waals surface area (Å²) in [6.45, 7) is 3.91. The van der Waals surface area contributed by atoms with Crippen molar-refractivity contribution in [3.63, 3.8) is 0 Å². The molecule has 1 fully saturated rings. The smallest absolute Gasteiger partial charge is 0.255 e. The molecule has 1 N–H and O–H groups in total. The lowest BCUT2D eigenvalue weighted by Crippen LogP contribution is -2.33. The van der Waals surface area contributed by atoms with Crippen molar-refractivity contribution in [1.29, 1.82) is 0 Å². The van der Waals surface area contributed by atoms with Gasteiger partial charge in [0.2, 0.25) is 5.91 Å². The fourth-order valence-corrected chi connectivity index (χ4v) is 2.60. The molecule has 1 aromatic carbocycles. The van der Waals surface area contributed by atoms with Gasteiger partial charge in [-0.3, -0.25) is 9.59 Å². The summed E-state index contributed by atoms with van der Waals surface area (Å²) < 4.78 is 5.22. The maximum absolute atomic E-state index is 12.2. The quantitative estimate of drug-likeness (QED) is 0.898. The Bertz CT molecular complexity index is 522. The average molecular weight is 290 g/mol. The zero-order chi connectivity index (χ0) is 15.2. The fourth-order valence-electron chi connectivity index (χ4n) is 2.60. The molecule has 0 unspecified atom stereocenters. The van der Waals surface area contributed by atoms with E-state index in [2.05, 4.69) is 5.32 Å². The van der Waals surface area contributed by atoms with Crippen LogP contribution < -0.4 is 10.1 Å². The molecule has 1 aromatic rings. The second kappa shape index (κ2) is 7.11. The van der Waals surface area contributed by atoms with Crippen LogP contribution in [0.3, 0.4) is 0 Å². The summed E-state index contributed by atoms with van der Waals surface area (Å²) >= 11 is 0. The van der Waals surface area contributed by atoms with Crippen LogP contribution in [-0.2, 0) is 4.79 Å². The molecule has 1 saturated heterocycles.